The van der Waals surface area contributed by atoms with E-state index in [0.29, 0.717) is 30.4 Å². The molecule has 2 atom stereocenters. The lowest BCUT2D eigenvalue weighted by atomic mass is 10.1. The first-order valence-electron chi connectivity index (χ1n) is 11.9. The van der Waals surface area contributed by atoms with E-state index in [1.165, 1.54) is 11.8 Å². The predicted octanol–water partition coefficient (Wildman–Crippen LogP) is 4.84. The Hall–Kier alpha value is -2.45. The summed E-state index contributed by atoms with van der Waals surface area (Å²) in [5.41, 5.74) is 0.971. The molecule has 2 aromatic carbocycles. The third-order valence-corrected chi connectivity index (χ3v) is 7.57. The van der Waals surface area contributed by atoms with E-state index in [-0.39, 0.29) is 23.1 Å². The van der Waals surface area contributed by atoms with Crippen molar-refractivity contribution < 1.29 is 14.4 Å². The van der Waals surface area contributed by atoms with Crippen molar-refractivity contribution in [3.8, 4) is 0 Å². The third-order valence-electron chi connectivity index (χ3n) is 5.46. The first kappa shape index (κ1) is 28.8. The molecule has 0 spiro atoms. The highest BCUT2D eigenvalue weighted by Gasteiger charge is 2.28. The summed E-state index contributed by atoms with van der Waals surface area (Å²) < 4.78 is 0. The first-order valence-corrected chi connectivity index (χ1v) is 13.9. The van der Waals surface area contributed by atoms with Gasteiger partial charge in [0.25, 0.3) is 0 Å². The van der Waals surface area contributed by atoms with Crippen molar-refractivity contribution in [2.75, 3.05) is 25.1 Å². The van der Waals surface area contributed by atoms with E-state index in [0.717, 1.165) is 16.9 Å². The molecule has 0 fully saturated rings. The average molecular weight is 516 g/mol. The molecule has 0 radical (unpaired) electrons. The second-order valence-corrected chi connectivity index (χ2v) is 11.1. The average Bonchev–Trinajstić information content (AvgIpc) is 2.85. The lowest BCUT2D eigenvalue weighted by Gasteiger charge is -2.33. The molecule has 8 heteroatoms. The van der Waals surface area contributed by atoms with Gasteiger partial charge in [-0.3, -0.25) is 9.59 Å². The number of rotatable bonds is 13. The highest BCUT2D eigenvalue weighted by molar-refractivity contribution is 8.13. The van der Waals surface area contributed by atoms with Crippen molar-refractivity contribution in [1.29, 1.82) is 0 Å². The Bertz CT molecular complexity index is 926. The maximum atomic E-state index is 13.6. The molecule has 0 aliphatic rings. The fraction of sp³-hybridized carbons (Fsp3) is 0.444. The zero-order chi connectivity index (χ0) is 25.6. The second-order valence-electron chi connectivity index (χ2n) is 8.76. The summed E-state index contributed by atoms with van der Waals surface area (Å²) in [4.78, 5) is 40.9. The summed E-state index contributed by atoms with van der Waals surface area (Å²) in [6.07, 6.45) is 1.23. The Morgan fingerprint density at radius 3 is 2.14 bits per heavy atom. The number of carbonyl (C=O) groups is 3. The molecule has 2 unspecified atom stereocenters. The van der Waals surface area contributed by atoms with Crippen LogP contribution in [0.2, 0.25) is 0 Å². The number of amides is 3. The van der Waals surface area contributed by atoms with E-state index in [1.807, 2.05) is 65.6 Å². The molecule has 6 nitrogen and oxygen atoms in total. The van der Waals surface area contributed by atoms with Crippen LogP contribution in [0.25, 0.3) is 0 Å². The number of hydrogen-bond acceptors (Lipinski definition) is 5. The summed E-state index contributed by atoms with van der Waals surface area (Å²) in [6, 6.07) is 18.5. The van der Waals surface area contributed by atoms with E-state index in [2.05, 4.69) is 24.5 Å². The van der Waals surface area contributed by atoms with Crippen molar-refractivity contribution in [3.63, 3.8) is 0 Å². The molecule has 0 saturated heterocycles. The predicted molar refractivity (Wildman–Crippen MR) is 147 cm³/mol. The van der Waals surface area contributed by atoms with Crippen LogP contribution in [0.3, 0.4) is 0 Å². The lowest BCUT2D eigenvalue weighted by molar-refractivity contribution is -0.122. The first-order chi connectivity index (χ1) is 16.8. The van der Waals surface area contributed by atoms with Gasteiger partial charge in [0.05, 0.1) is 6.04 Å². The molecule has 2 aromatic rings. The van der Waals surface area contributed by atoms with Crippen LogP contribution in [0.4, 0.5) is 4.79 Å². The fourth-order valence-corrected chi connectivity index (χ4v) is 5.37. The van der Waals surface area contributed by atoms with E-state index in [4.69, 9.17) is 0 Å². The molecule has 0 aromatic heterocycles. The molecule has 0 saturated carbocycles. The highest BCUT2D eigenvalue weighted by Crippen LogP contribution is 2.23. The lowest BCUT2D eigenvalue weighted by Crippen LogP contribution is -2.55. The highest BCUT2D eigenvalue weighted by atomic mass is 32.2. The number of carbonyl (C=O) groups excluding carboxylic acids is 3. The van der Waals surface area contributed by atoms with Crippen molar-refractivity contribution in [2.24, 2.45) is 5.92 Å². The quantitative estimate of drug-likeness (QED) is 0.373. The van der Waals surface area contributed by atoms with Crippen LogP contribution in [0.5, 0.6) is 0 Å². The van der Waals surface area contributed by atoms with Crippen LogP contribution in [0.15, 0.2) is 65.6 Å². The molecule has 0 bridgehead atoms. The monoisotopic (exact) mass is 515 g/mol. The maximum Gasteiger partial charge on any atom is 0.318 e. The van der Waals surface area contributed by atoms with Crippen LogP contribution >= 0.6 is 23.5 Å². The Balaban J connectivity index is 2.23. The number of nitrogens with zero attached hydrogens (tertiary/aromatic N) is 1. The molecular weight excluding hydrogens is 478 g/mol. The van der Waals surface area contributed by atoms with Gasteiger partial charge in [0.15, 0.2) is 5.12 Å². The van der Waals surface area contributed by atoms with Gasteiger partial charge in [-0.15, -0.1) is 11.8 Å². The van der Waals surface area contributed by atoms with E-state index >= 15 is 0 Å². The van der Waals surface area contributed by atoms with Gasteiger partial charge in [0, 0.05) is 43.3 Å². The van der Waals surface area contributed by atoms with Gasteiger partial charge in [0.1, 0.15) is 6.04 Å². The number of benzene rings is 2. The van der Waals surface area contributed by atoms with Gasteiger partial charge in [-0.05, 0) is 30.0 Å². The number of hydrogen-bond donors (Lipinski definition) is 2. The van der Waals surface area contributed by atoms with Crippen molar-refractivity contribution in [1.82, 2.24) is 15.5 Å². The number of likely N-dealkylation sites (N-methyl/N-ethyl adjacent to an activating group) is 1. The summed E-state index contributed by atoms with van der Waals surface area (Å²) in [5.74, 6) is 1.33. The number of thioether (sulfide) groups is 2. The Morgan fingerprint density at radius 1 is 0.943 bits per heavy atom. The van der Waals surface area contributed by atoms with Crippen LogP contribution in [-0.4, -0.2) is 59.1 Å². The van der Waals surface area contributed by atoms with Crippen LogP contribution < -0.4 is 10.6 Å². The summed E-state index contributed by atoms with van der Waals surface area (Å²) >= 11 is 2.90. The largest absolute Gasteiger partial charge is 0.357 e. The molecule has 35 heavy (non-hydrogen) atoms. The summed E-state index contributed by atoms with van der Waals surface area (Å²) in [6.45, 7) is 6.34. The zero-order valence-electron chi connectivity index (χ0n) is 21.0. The molecule has 2 rings (SSSR count). The van der Waals surface area contributed by atoms with Gasteiger partial charge in [-0.1, -0.05) is 74.1 Å². The van der Waals surface area contributed by atoms with Crippen molar-refractivity contribution in [3.05, 3.63) is 66.2 Å². The van der Waals surface area contributed by atoms with Gasteiger partial charge in [0.2, 0.25) is 5.91 Å². The van der Waals surface area contributed by atoms with Crippen molar-refractivity contribution >= 4 is 40.6 Å². The van der Waals surface area contributed by atoms with Crippen molar-refractivity contribution in [2.45, 2.75) is 50.6 Å². The molecule has 190 valence electrons. The topological polar surface area (TPSA) is 78.5 Å². The Kier molecular flexibility index (Phi) is 12.8. The molecule has 0 aliphatic carbocycles. The van der Waals surface area contributed by atoms with Gasteiger partial charge >= 0.3 is 6.03 Å². The minimum atomic E-state index is -0.695. The van der Waals surface area contributed by atoms with Gasteiger partial charge < -0.3 is 15.5 Å². The minimum absolute atomic E-state index is 0.0243. The van der Waals surface area contributed by atoms with Gasteiger partial charge in [-0.25, -0.2) is 4.79 Å². The molecule has 0 heterocycles. The number of urea groups is 1. The van der Waals surface area contributed by atoms with E-state index < -0.39 is 6.04 Å². The minimum Gasteiger partial charge on any atom is -0.357 e. The molecule has 2 N–H and O–H groups in total. The second kappa shape index (κ2) is 15.5. The van der Waals surface area contributed by atoms with Crippen LogP contribution in [0, 0.1) is 5.92 Å². The maximum absolute atomic E-state index is 13.6. The summed E-state index contributed by atoms with van der Waals surface area (Å²) in [7, 11) is 1.58. The van der Waals surface area contributed by atoms with Crippen LogP contribution in [0.1, 0.15) is 32.8 Å². The zero-order valence-corrected chi connectivity index (χ0v) is 22.7. The Morgan fingerprint density at radius 2 is 1.57 bits per heavy atom. The van der Waals surface area contributed by atoms with E-state index in [1.54, 1.807) is 25.7 Å². The standard InChI is InChI=1S/C27H37N3O3S2/c1-20(2)15-16-30(23(18-34-21(3)31)19-35-24-13-9-6-10-14-24)27(33)29-25(26(32)28-4)17-22-11-7-5-8-12-22/h5-14,20,23,25H,15-19H2,1-4H3,(H,28,32)(H,29,33). The third kappa shape index (κ3) is 10.8. The smallest absolute Gasteiger partial charge is 0.318 e. The molecule has 0 aliphatic heterocycles. The van der Waals surface area contributed by atoms with Gasteiger partial charge in [-0.2, -0.15) is 0 Å². The summed E-state index contributed by atoms with van der Waals surface area (Å²) in [5, 5.41) is 5.67. The van der Waals surface area contributed by atoms with Crippen LogP contribution in [-0.2, 0) is 16.0 Å². The normalized spacial score (nSPS) is 12.6. The van der Waals surface area contributed by atoms with E-state index in [9.17, 15) is 14.4 Å². The fourth-order valence-electron chi connectivity index (χ4n) is 3.46. The SMILES string of the molecule is CNC(=O)C(Cc1ccccc1)NC(=O)N(CCC(C)C)C(CSC(C)=O)CSc1ccccc1. The Labute approximate surface area is 218 Å². The molecule has 3 amide bonds. The molecular formula is C27H37N3O3S2. The number of nitrogens with one attached hydrogen (secondary N) is 2.